The Morgan fingerprint density at radius 1 is 1.32 bits per heavy atom. The number of hydrogen-bond donors (Lipinski definition) is 1. The molecule has 1 fully saturated rings. The number of benzene rings is 1. The summed E-state index contributed by atoms with van der Waals surface area (Å²) >= 11 is 3.61. The third-order valence-corrected chi connectivity index (χ3v) is 5.34. The minimum Gasteiger partial charge on any atom is -0.393 e. The van der Waals surface area contributed by atoms with Gasteiger partial charge in [-0.2, -0.15) is 0 Å². The number of nitro benzene ring substituents is 1. The lowest BCUT2D eigenvalue weighted by Crippen LogP contribution is -2.17. The number of nitrogen functional groups attached to an aromatic ring is 1. The van der Waals surface area contributed by atoms with Gasteiger partial charge in [-0.25, -0.2) is 4.39 Å². The normalized spacial score (nSPS) is 23.5. The summed E-state index contributed by atoms with van der Waals surface area (Å²) in [7, 11) is 0. The quantitative estimate of drug-likeness (QED) is 0.339. The van der Waals surface area contributed by atoms with E-state index in [4.69, 9.17) is 5.73 Å². The van der Waals surface area contributed by atoms with Crippen LogP contribution >= 0.6 is 15.9 Å². The van der Waals surface area contributed by atoms with Crippen molar-refractivity contribution in [3.05, 3.63) is 33.4 Å². The van der Waals surface area contributed by atoms with E-state index in [2.05, 4.69) is 15.9 Å². The van der Waals surface area contributed by atoms with Crippen molar-refractivity contribution in [1.29, 1.82) is 0 Å². The number of nitro groups is 1. The summed E-state index contributed by atoms with van der Waals surface area (Å²) in [5, 5.41) is 11.4. The molecule has 1 atom stereocenters. The van der Waals surface area contributed by atoms with Crippen LogP contribution in [0.3, 0.4) is 0 Å². The maximum Gasteiger partial charge on any atom is 0.298 e. The van der Waals surface area contributed by atoms with Crippen molar-refractivity contribution in [3.63, 3.8) is 0 Å². The fraction of sp³-hybridized carbons (Fsp3) is 0.625. The van der Waals surface area contributed by atoms with Crippen molar-refractivity contribution in [2.24, 2.45) is 5.92 Å². The van der Waals surface area contributed by atoms with Gasteiger partial charge < -0.3 is 5.73 Å². The average molecular weight is 373 g/mol. The van der Waals surface area contributed by atoms with Crippen LogP contribution in [-0.2, 0) is 0 Å². The molecule has 122 valence electrons. The van der Waals surface area contributed by atoms with Crippen LogP contribution in [0, 0.1) is 16.0 Å². The lowest BCUT2D eigenvalue weighted by molar-refractivity contribution is -0.385. The molecule has 1 aliphatic rings. The molecule has 2 N–H and O–H groups in total. The van der Waals surface area contributed by atoms with Crippen LogP contribution in [0.15, 0.2) is 12.1 Å². The predicted octanol–water partition coefficient (Wildman–Crippen LogP) is 5.26. The smallest absolute Gasteiger partial charge is 0.298 e. The van der Waals surface area contributed by atoms with Gasteiger partial charge >= 0.3 is 0 Å². The third kappa shape index (κ3) is 3.42. The summed E-state index contributed by atoms with van der Waals surface area (Å²) in [5.74, 6) is -0.160. The molecule has 0 aromatic heterocycles. The molecule has 0 aliphatic heterocycles. The minimum absolute atomic E-state index is 0.0428. The summed E-state index contributed by atoms with van der Waals surface area (Å²) in [4.78, 5) is 11.4. The Balaban J connectivity index is 2.53. The van der Waals surface area contributed by atoms with Crippen molar-refractivity contribution < 1.29 is 9.31 Å². The average Bonchev–Trinajstić information content (AvgIpc) is 2.46. The Morgan fingerprint density at radius 3 is 2.41 bits per heavy atom. The van der Waals surface area contributed by atoms with Gasteiger partial charge in [-0.1, -0.05) is 35.8 Å². The first-order valence-corrected chi connectivity index (χ1v) is 8.59. The van der Waals surface area contributed by atoms with Crippen LogP contribution in [0.1, 0.15) is 62.7 Å². The second-order valence-electron chi connectivity index (χ2n) is 6.36. The Hall–Kier alpha value is -1.17. The number of anilines is 1. The molecule has 1 aromatic rings. The minimum atomic E-state index is -1.37. The van der Waals surface area contributed by atoms with Crippen LogP contribution in [0.4, 0.5) is 15.8 Å². The largest absolute Gasteiger partial charge is 0.393 e. The number of nitrogens with two attached hydrogens (primary N) is 1. The van der Waals surface area contributed by atoms with E-state index in [1.165, 1.54) is 0 Å². The first kappa shape index (κ1) is 17.2. The number of hydrogen-bond acceptors (Lipinski definition) is 3. The maximum absolute atomic E-state index is 14.8. The molecule has 1 aromatic carbocycles. The summed E-state index contributed by atoms with van der Waals surface area (Å²) in [5.41, 5.74) is 6.52. The molecular formula is C16H22BrFN2O2. The van der Waals surface area contributed by atoms with E-state index < -0.39 is 11.1 Å². The van der Waals surface area contributed by atoms with E-state index >= 15 is 0 Å². The van der Waals surface area contributed by atoms with Gasteiger partial charge in [0.05, 0.1) is 10.5 Å². The highest BCUT2D eigenvalue weighted by Crippen LogP contribution is 2.45. The van der Waals surface area contributed by atoms with Gasteiger partial charge in [0.1, 0.15) is 11.9 Å². The molecule has 1 aliphatic carbocycles. The zero-order valence-electron chi connectivity index (χ0n) is 12.9. The molecule has 22 heavy (non-hydrogen) atoms. The number of alkyl halides is 2. The molecule has 1 unspecified atom stereocenters. The van der Waals surface area contributed by atoms with Crippen LogP contribution in [0.25, 0.3) is 0 Å². The molecule has 0 spiro atoms. The zero-order chi connectivity index (χ0) is 16.4. The zero-order valence-corrected chi connectivity index (χ0v) is 14.5. The topological polar surface area (TPSA) is 69.2 Å². The molecule has 0 radical (unpaired) electrons. The van der Waals surface area contributed by atoms with E-state index in [1.54, 1.807) is 26.0 Å². The lowest BCUT2D eigenvalue weighted by atomic mass is 9.79. The second-order valence-corrected chi connectivity index (χ2v) is 7.65. The van der Waals surface area contributed by atoms with E-state index in [1.807, 2.05) is 0 Å². The monoisotopic (exact) mass is 372 g/mol. The van der Waals surface area contributed by atoms with Gasteiger partial charge in [0.25, 0.3) is 5.69 Å². The second kappa shape index (κ2) is 6.94. The molecule has 0 amide bonds. The van der Waals surface area contributed by atoms with Crippen molar-refractivity contribution >= 4 is 27.3 Å². The van der Waals surface area contributed by atoms with Crippen molar-refractivity contribution in [3.8, 4) is 0 Å². The number of nitrogens with zero attached hydrogens (tertiary/aromatic N) is 1. The lowest BCUT2D eigenvalue weighted by Gasteiger charge is -2.28. The SMILES string of the molecule is CC(C)C(F)c1c(C2CCC(Br)CC2)ccc(N)c1[N+](=O)[O-]. The molecular weight excluding hydrogens is 351 g/mol. The van der Waals surface area contributed by atoms with Crippen molar-refractivity contribution in [1.82, 2.24) is 0 Å². The standard InChI is InChI=1S/C16H22BrFN2O2/c1-9(2)15(18)14-12(10-3-5-11(17)6-4-10)7-8-13(19)16(14)20(21)22/h7-11,15H,3-6,19H2,1-2H3. The van der Waals surface area contributed by atoms with Crippen LogP contribution in [0.2, 0.25) is 0 Å². The van der Waals surface area contributed by atoms with Gasteiger partial charge in [-0.15, -0.1) is 0 Å². The van der Waals surface area contributed by atoms with Crippen molar-refractivity contribution in [2.75, 3.05) is 5.73 Å². The highest BCUT2D eigenvalue weighted by molar-refractivity contribution is 9.09. The summed E-state index contributed by atoms with van der Waals surface area (Å²) in [6, 6.07) is 3.33. The fourth-order valence-electron chi connectivity index (χ4n) is 3.19. The Bertz CT molecular complexity index is 557. The summed E-state index contributed by atoms with van der Waals surface area (Å²) in [6.45, 7) is 3.47. The molecule has 6 heteroatoms. The molecule has 0 heterocycles. The summed E-state index contributed by atoms with van der Waals surface area (Å²) < 4.78 is 14.8. The van der Waals surface area contributed by atoms with E-state index in [-0.39, 0.29) is 28.8 Å². The Morgan fingerprint density at radius 2 is 1.91 bits per heavy atom. The number of rotatable bonds is 4. The van der Waals surface area contributed by atoms with Crippen LogP contribution in [0.5, 0.6) is 0 Å². The van der Waals surface area contributed by atoms with Gasteiger partial charge in [0.2, 0.25) is 0 Å². The third-order valence-electron chi connectivity index (χ3n) is 4.42. The summed E-state index contributed by atoms with van der Waals surface area (Å²) in [6.07, 6.45) is 2.45. The Kier molecular flexibility index (Phi) is 5.42. The van der Waals surface area contributed by atoms with Gasteiger partial charge in [-0.3, -0.25) is 10.1 Å². The van der Waals surface area contributed by atoms with E-state index in [0.29, 0.717) is 4.83 Å². The van der Waals surface area contributed by atoms with Crippen LogP contribution < -0.4 is 5.73 Å². The van der Waals surface area contributed by atoms with Crippen molar-refractivity contribution in [2.45, 2.75) is 56.4 Å². The Labute approximate surface area is 138 Å². The molecule has 0 saturated heterocycles. The predicted molar refractivity (Wildman–Crippen MR) is 90.1 cm³/mol. The van der Waals surface area contributed by atoms with Crippen LogP contribution in [-0.4, -0.2) is 9.75 Å². The van der Waals surface area contributed by atoms with Gasteiger partial charge in [0.15, 0.2) is 0 Å². The highest BCUT2D eigenvalue weighted by atomic mass is 79.9. The van der Waals surface area contributed by atoms with Gasteiger partial charge in [-0.05, 0) is 49.1 Å². The fourth-order valence-corrected chi connectivity index (χ4v) is 3.72. The van der Waals surface area contributed by atoms with E-state index in [0.717, 1.165) is 31.2 Å². The maximum atomic E-state index is 14.8. The molecule has 4 nitrogen and oxygen atoms in total. The van der Waals surface area contributed by atoms with Gasteiger partial charge in [0, 0.05) is 4.83 Å². The molecule has 2 rings (SSSR count). The first-order chi connectivity index (χ1) is 10.3. The first-order valence-electron chi connectivity index (χ1n) is 7.67. The van der Waals surface area contributed by atoms with E-state index in [9.17, 15) is 14.5 Å². The highest BCUT2D eigenvalue weighted by Gasteiger charge is 2.33. The number of halogens is 2. The molecule has 0 bridgehead atoms. The molecule has 1 saturated carbocycles.